The minimum absolute atomic E-state index is 1.02. The number of hydrogen-bond donors (Lipinski definition) is 0. The van der Waals surface area contributed by atoms with E-state index < -0.39 is 0 Å². The Morgan fingerprint density at radius 2 is 1.16 bits per heavy atom. The number of rotatable bonds is 1. The Morgan fingerprint density at radius 3 is 2.00 bits per heavy atom. The largest absolute Gasteiger partial charge is 0.308 e. The van der Waals surface area contributed by atoms with Crippen LogP contribution in [0.2, 0.25) is 0 Å². The van der Waals surface area contributed by atoms with E-state index in [4.69, 9.17) is 4.98 Å². The van der Waals surface area contributed by atoms with Crippen LogP contribution in [0.5, 0.6) is 0 Å². The molecule has 0 radical (unpaired) electrons. The molecular formula is C35H20N2. The van der Waals surface area contributed by atoms with Crippen molar-refractivity contribution < 1.29 is 0 Å². The lowest BCUT2D eigenvalue weighted by Crippen LogP contribution is -1.96. The van der Waals surface area contributed by atoms with Crippen LogP contribution >= 0.6 is 0 Å². The standard InChI is InChI=1S/C35H20N2/c1-2-9-22-19-29-25-16-17-33(27-13-7-12-24(34(25)27)28(29)18-21(22)8-1)37-32-15-6-4-10-23(32)30-20-36-31-14-5-3-11-26(31)35(30)37/h1-20H. The van der Waals surface area contributed by atoms with E-state index in [1.54, 1.807) is 0 Å². The average molecular weight is 469 g/mol. The van der Waals surface area contributed by atoms with Crippen LogP contribution in [0.25, 0.3) is 82.2 Å². The topological polar surface area (TPSA) is 17.8 Å². The summed E-state index contributed by atoms with van der Waals surface area (Å²) in [7, 11) is 0. The van der Waals surface area contributed by atoms with Crippen molar-refractivity contribution in [2.75, 3.05) is 0 Å². The van der Waals surface area contributed by atoms with Gasteiger partial charge in [0.1, 0.15) is 0 Å². The summed E-state index contributed by atoms with van der Waals surface area (Å²) in [6.07, 6.45) is 2.04. The predicted octanol–water partition coefficient (Wildman–Crippen LogP) is 9.29. The molecule has 2 aromatic heterocycles. The van der Waals surface area contributed by atoms with E-state index >= 15 is 0 Å². The van der Waals surface area contributed by atoms with Gasteiger partial charge in [-0.1, -0.05) is 84.9 Å². The summed E-state index contributed by atoms with van der Waals surface area (Å²) in [5.74, 6) is 0. The fourth-order valence-electron chi connectivity index (χ4n) is 6.55. The van der Waals surface area contributed by atoms with E-state index in [2.05, 4.69) is 120 Å². The molecule has 0 aliphatic heterocycles. The molecular weight excluding hydrogens is 448 g/mol. The van der Waals surface area contributed by atoms with Gasteiger partial charge in [-0.05, 0) is 68.7 Å². The third kappa shape index (κ3) is 2.42. The fourth-order valence-corrected chi connectivity index (χ4v) is 6.55. The molecule has 0 bridgehead atoms. The maximum Gasteiger partial charge on any atom is 0.0723 e. The smallest absolute Gasteiger partial charge is 0.0723 e. The van der Waals surface area contributed by atoms with Crippen molar-refractivity contribution >= 4 is 54.3 Å². The van der Waals surface area contributed by atoms with Gasteiger partial charge in [0.2, 0.25) is 0 Å². The minimum atomic E-state index is 1.02. The van der Waals surface area contributed by atoms with Gasteiger partial charge in [0.15, 0.2) is 0 Å². The van der Waals surface area contributed by atoms with Gasteiger partial charge in [0.05, 0.1) is 22.2 Å². The normalized spacial score (nSPS) is 12.3. The highest BCUT2D eigenvalue weighted by atomic mass is 15.0. The molecule has 1 aliphatic carbocycles. The Balaban J connectivity index is 1.45. The monoisotopic (exact) mass is 468 g/mol. The molecule has 37 heavy (non-hydrogen) atoms. The van der Waals surface area contributed by atoms with E-state index in [0.29, 0.717) is 0 Å². The highest BCUT2D eigenvalue weighted by Crippen LogP contribution is 2.50. The van der Waals surface area contributed by atoms with E-state index in [1.807, 2.05) is 6.20 Å². The maximum absolute atomic E-state index is 4.81. The number of aromatic nitrogens is 2. The summed E-state index contributed by atoms with van der Waals surface area (Å²) in [5, 5.41) is 8.78. The third-order valence-electron chi connectivity index (χ3n) is 8.13. The van der Waals surface area contributed by atoms with Crippen LogP contribution < -0.4 is 0 Å². The molecule has 6 aromatic carbocycles. The molecule has 8 aromatic rings. The lowest BCUT2D eigenvalue weighted by Gasteiger charge is -2.14. The number of hydrogen-bond acceptors (Lipinski definition) is 1. The van der Waals surface area contributed by atoms with Crippen LogP contribution in [-0.4, -0.2) is 9.55 Å². The number of fused-ring (bicyclic) bond motifs is 9. The number of para-hydroxylation sites is 2. The summed E-state index contributed by atoms with van der Waals surface area (Å²) in [4.78, 5) is 4.81. The molecule has 0 fully saturated rings. The molecule has 2 nitrogen and oxygen atoms in total. The first-order valence-corrected chi connectivity index (χ1v) is 12.7. The SMILES string of the molecule is c1ccc2cc3c(cc2c1)-c1cccc2c(-n4c5ccccc5c5cnc6ccccc6c54)ccc-3c12. The molecule has 0 unspecified atom stereocenters. The quantitative estimate of drug-likeness (QED) is 0.235. The second kappa shape index (κ2) is 6.83. The molecule has 2 heterocycles. The number of pyridine rings is 1. The molecule has 170 valence electrons. The summed E-state index contributed by atoms with van der Waals surface area (Å²) in [6, 6.07) is 42.0. The first-order chi connectivity index (χ1) is 18.4. The zero-order valence-electron chi connectivity index (χ0n) is 19.9. The first kappa shape index (κ1) is 19.3. The van der Waals surface area contributed by atoms with Crippen LogP contribution in [-0.2, 0) is 0 Å². The van der Waals surface area contributed by atoms with Crippen molar-refractivity contribution in [3.8, 4) is 27.9 Å². The van der Waals surface area contributed by atoms with Crippen molar-refractivity contribution in [2.45, 2.75) is 0 Å². The number of benzene rings is 6. The van der Waals surface area contributed by atoms with Gasteiger partial charge in [0.25, 0.3) is 0 Å². The average Bonchev–Trinajstić information content (AvgIpc) is 3.46. The Bertz CT molecular complexity index is 2200. The van der Waals surface area contributed by atoms with E-state index in [1.165, 1.54) is 76.7 Å². The molecule has 9 rings (SSSR count). The highest BCUT2D eigenvalue weighted by molar-refractivity contribution is 6.22. The molecule has 0 amide bonds. The van der Waals surface area contributed by atoms with Crippen LogP contribution in [0, 0.1) is 0 Å². The molecule has 0 spiro atoms. The van der Waals surface area contributed by atoms with Crippen molar-refractivity contribution in [3.63, 3.8) is 0 Å². The maximum atomic E-state index is 4.81. The summed E-state index contributed by atoms with van der Waals surface area (Å²) < 4.78 is 2.46. The molecule has 0 saturated carbocycles. The minimum Gasteiger partial charge on any atom is -0.308 e. The summed E-state index contributed by atoms with van der Waals surface area (Å²) in [6.45, 7) is 0. The van der Waals surface area contributed by atoms with E-state index in [0.717, 1.165) is 5.52 Å². The Labute approximate surface area is 213 Å². The Morgan fingerprint density at radius 1 is 0.486 bits per heavy atom. The fraction of sp³-hybridized carbons (Fsp3) is 0. The van der Waals surface area contributed by atoms with Gasteiger partial charge in [-0.3, -0.25) is 4.98 Å². The molecule has 0 atom stereocenters. The highest BCUT2D eigenvalue weighted by Gasteiger charge is 2.25. The van der Waals surface area contributed by atoms with Gasteiger partial charge in [0, 0.05) is 27.7 Å². The van der Waals surface area contributed by atoms with Crippen LogP contribution in [0.15, 0.2) is 121 Å². The molecule has 0 saturated heterocycles. The van der Waals surface area contributed by atoms with E-state index in [9.17, 15) is 0 Å². The van der Waals surface area contributed by atoms with Crippen LogP contribution in [0.1, 0.15) is 0 Å². The molecule has 0 N–H and O–H groups in total. The van der Waals surface area contributed by atoms with Gasteiger partial charge >= 0.3 is 0 Å². The van der Waals surface area contributed by atoms with Gasteiger partial charge in [-0.15, -0.1) is 0 Å². The Kier molecular flexibility index (Phi) is 3.56. The van der Waals surface area contributed by atoms with Gasteiger partial charge in [-0.25, -0.2) is 0 Å². The second-order valence-electron chi connectivity index (χ2n) is 10.00. The zero-order chi connectivity index (χ0) is 24.1. The Hall–Kier alpha value is -4.95. The van der Waals surface area contributed by atoms with Gasteiger partial charge in [-0.2, -0.15) is 0 Å². The van der Waals surface area contributed by atoms with Crippen molar-refractivity contribution in [3.05, 3.63) is 121 Å². The van der Waals surface area contributed by atoms with Gasteiger partial charge < -0.3 is 4.57 Å². The molecule has 1 aliphatic rings. The number of nitrogens with zero attached hydrogens (tertiary/aromatic N) is 2. The predicted molar refractivity (Wildman–Crippen MR) is 156 cm³/mol. The zero-order valence-corrected chi connectivity index (χ0v) is 19.9. The third-order valence-corrected chi connectivity index (χ3v) is 8.13. The second-order valence-corrected chi connectivity index (χ2v) is 10.00. The molecule has 2 heteroatoms. The summed E-state index contributed by atoms with van der Waals surface area (Å²) in [5.41, 5.74) is 9.95. The lowest BCUT2D eigenvalue weighted by molar-refractivity contribution is 1.20. The van der Waals surface area contributed by atoms with Crippen LogP contribution in [0.3, 0.4) is 0 Å². The van der Waals surface area contributed by atoms with Crippen molar-refractivity contribution in [1.29, 1.82) is 0 Å². The van der Waals surface area contributed by atoms with Crippen molar-refractivity contribution in [1.82, 2.24) is 9.55 Å². The van der Waals surface area contributed by atoms with Crippen LogP contribution in [0.4, 0.5) is 0 Å². The van der Waals surface area contributed by atoms with Crippen molar-refractivity contribution in [2.24, 2.45) is 0 Å². The lowest BCUT2D eigenvalue weighted by atomic mass is 9.99. The first-order valence-electron chi connectivity index (χ1n) is 12.7. The summed E-state index contributed by atoms with van der Waals surface area (Å²) >= 11 is 0. The van der Waals surface area contributed by atoms with E-state index in [-0.39, 0.29) is 0 Å².